The van der Waals surface area contributed by atoms with Gasteiger partial charge in [0, 0.05) is 0 Å². The van der Waals surface area contributed by atoms with Gasteiger partial charge in [0.15, 0.2) is 0 Å². The van der Waals surface area contributed by atoms with Gasteiger partial charge in [-0.1, -0.05) is 0 Å². The van der Waals surface area contributed by atoms with Crippen LogP contribution in [-0.2, 0) is 10.1 Å². The van der Waals surface area contributed by atoms with Gasteiger partial charge in [-0.3, -0.25) is 0 Å². The standard InChI is InChI=1S/C7H3F13O3S.C2H7N/c8-2(9,1-24(21,22)23)3(10,11)4(12,13)5(14,15)6(16,17)7(18,19)20;1-3-2/h1H2,(H,21,22,23);3H,1-2H3. The SMILES string of the molecule is C[NH2+]C.O=S(=O)([O-])CC(F)(F)C(F)(F)C(F)(F)C(F)(F)C(F)(F)C(F)(F)F. The third-order valence-electron chi connectivity index (χ3n) is 2.36. The Morgan fingerprint density at radius 1 is 0.667 bits per heavy atom. The van der Waals surface area contributed by atoms with Crippen molar-refractivity contribution in [3.63, 3.8) is 0 Å². The average molecular weight is 459 g/mol. The summed E-state index contributed by atoms with van der Waals surface area (Å²) in [6.45, 7) is 0. The van der Waals surface area contributed by atoms with Crippen molar-refractivity contribution in [2.45, 2.75) is 35.8 Å². The summed E-state index contributed by atoms with van der Waals surface area (Å²) in [6, 6.07) is 0. The molecule has 0 rings (SSSR count). The summed E-state index contributed by atoms with van der Waals surface area (Å²) in [6.07, 6.45) is -7.56. The van der Waals surface area contributed by atoms with E-state index in [4.69, 9.17) is 0 Å². The second-order valence-electron chi connectivity index (χ2n) is 4.78. The molecule has 0 heterocycles. The molecular formula is C9H10F13NO3S. The highest BCUT2D eigenvalue weighted by molar-refractivity contribution is 7.85. The molecule has 0 saturated carbocycles. The molecule has 0 aromatic rings. The third-order valence-corrected chi connectivity index (χ3v) is 3.07. The molecular weight excluding hydrogens is 449 g/mol. The van der Waals surface area contributed by atoms with Crippen molar-refractivity contribution in [1.29, 1.82) is 0 Å². The van der Waals surface area contributed by atoms with Crippen molar-refractivity contribution in [2.24, 2.45) is 0 Å². The Balaban J connectivity index is 0. The highest BCUT2D eigenvalue weighted by Crippen LogP contribution is 2.60. The molecule has 0 bridgehead atoms. The van der Waals surface area contributed by atoms with E-state index < -0.39 is 51.7 Å². The molecule has 0 spiro atoms. The van der Waals surface area contributed by atoms with Crippen molar-refractivity contribution in [3.8, 4) is 0 Å². The lowest BCUT2D eigenvalue weighted by Gasteiger charge is -2.39. The second kappa shape index (κ2) is 7.76. The molecule has 0 aliphatic heterocycles. The monoisotopic (exact) mass is 459 g/mol. The summed E-state index contributed by atoms with van der Waals surface area (Å²) < 4.78 is 192. The molecule has 18 heteroatoms. The van der Waals surface area contributed by atoms with E-state index in [1.54, 1.807) is 0 Å². The topological polar surface area (TPSA) is 73.8 Å². The number of alkyl halides is 13. The smallest absolute Gasteiger partial charge is 0.460 e. The van der Waals surface area contributed by atoms with Gasteiger partial charge in [0.1, 0.15) is 15.9 Å². The van der Waals surface area contributed by atoms with E-state index in [2.05, 4.69) is 0 Å². The molecule has 0 aliphatic carbocycles. The highest BCUT2D eigenvalue weighted by Gasteiger charge is 2.90. The van der Waals surface area contributed by atoms with Crippen molar-refractivity contribution in [2.75, 3.05) is 19.8 Å². The molecule has 27 heavy (non-hydrogen) atoms. The number of nitrogens with two attached hydrogens (primary N) is 1. The van der Waals surface area contributed by atoms with Crippen LogP contribution in [0.5, 0.6) is 0 Å². The Kier molecular flexibility index (Phi) is 8.10. The second-order valence-corrected chi connectivity index (χ2v) is 6.18. The van der Waals surface area contributed by atoms with E-state index >= 15 is 0 Å². The van der Waals surface area contributed by atoms with Gasteiger partial charge in [0.25, 0.3) is 0 Å². The summed E-state index contributed by atoms with van der Waals surface area (Å²) in [5.74, 6) is -42.6. The fourth-order valence-electron chi connectivity index (χ4n) is 1.11. The Morgan fingerprint density at radius 2 is 0.926 bits per heavy atom. The fourth-order valence-corrected chi connectivity index (χ4v) is 1.74. The van der Waals surface area contributed by atoms with Crippen LogP contribution in [0.1, 0.15) is 0 Å². The summed E-state index contributed by atoms with van der Waals surface area (Å²) in [4.78, 5) is 0. The molecule has 0 atom stereocenters. The average Bonchev–Trinajstić information content (AvgIpc) is 2.34. The molecule has 2 N–H and O–H groups in total. The van der Waals surface area contributed by atoms with Crippen LogP contribution in [0.2, 0.25) is 0 Å². The fraction of sp³-hybridized carbons (Fsp3) is 1.00. The lowest BCUT2D eigenvalue weighted by molar-refractivity contribution is -0.597. The lowest BCUT2D eigenvalue weighted by Crippen LogP contribution is -2.74. The summed E-state index contributed by atoms with van der Waals surface area (Å²) in [5.41, 5.74) is 0. The quantitative estimate of drug-likeness (QED) is 0.489. The number of hydrogen-bond acceptors (Lipinski definition) is 3. The Morgan fingerprint density at radius 3 is 1.15 bits per heavy atom. The van der Waals surface area contributed by atoms with E-state index in [-0.39, 0.29) is 0 Å². The van der Waals surface area contributed by atoms with E-state index in [1.165, 1.54) is 0 Å². The van der Waals surface area contributed by atoms with Crippen molar-refractivity contribution in [1.82, 2.24) is 0 Å². The summed E-state index contributed by atoms with van der Waals surface area (Å²) in [7, 11) is -2.50. The number of rotatable bonds is 6. The maximum Gasteiger partial charge on any atom is 0.460 e. The third kappa shape index (κ3) is 5.27. The molecule has 0 unspecified atom stereocenters. The first-order valence-electron chi connectivity index (χ1n) is 6.00. The van der Waals surface area contributed by atoms with E-state index in [9.17, 15) is 70.0 Å². The molecule has 0 saturated heterocycles. The molecule has 0 aromatic carbocycles. The van der Waals surface area contributed by atoms with E-state index in [0.29, 0.717) is 0 Å². The van der Waals surface area contributed by atoms with Crippen LogP contribution in [0.4, 0.5) is 57.1 Å². The van der Waals surface area contributed by atoms with Crippen molar-refractivity contribution >= 4 is 10.1 Å². The van der Waals surface area contributed by atoms with Gasteiger partial charge >= 0.3 is 35.8 Å². The zero-order valence-electron chi connectivity index (χ0n) is 12.8. The van der Waals surface area contributed by atoms with Gasteiger partial charge in [0.05, 0.1) is 14.1 Å². The van der Waals surface area contributed by atoms with Crippen LogP contribution in [0.25, 0.3) is 0 Å². The predicted octanol–water partition coefficient (Wildman–Crippen LogP) is 2.08. The number of quaternary nitrogens is 1. The van der Waals surface area contributed by atoms with Gasteiger partial charge < -0.3 is 9.87 Å². The van der Waals surface area contributed by atoms with Crippen molar-refractivity contribution in [3.05, 3.63) is 0 Å². The predicted molar refractivity (Wildman–Crippen MR) is 59.1 cm³/mol. The first-order chi connectivity index (χ1) is 11.4. The van der Waals surface area contributed by atoms with Crippen LogP contribution in [0.15, 0.2) is 0 Å². The maximum atomic E-state index is 12.8. The van der Waals surface area contributed by atoms with E-state index in [0.717, 1.165) is 0 Å². The first kappa shape index (κ1) is 28.2. The number of halogens is 13. The Hall–Kier alpha value is -1.04. The zero-order valence-corrected chi connectivity index (χ0v) is 13.6. The van der Waals surface area contributed by atoms with Crippen LogP contribution < -0.4 is 5.32 Å². The minimum absolute atomic E-state index is 2.00. The van der Waals surface area contributed by atoms with Crippen LogP contribution >= 0.6 is 0 Å². The molecule has 0 amide bonds. The van der Waals surface area contributed by atoms with Gasteiger partial charge in [-0.05, 0) is 0 Å². The van der Waals surface area contributed by atoms with Gasteiger partial charge in [-0.2, -0.15) is 57.1 Å². The van der Waals surface area contributed by atoms with Gasteiger partial charge in [-0.25, -0.2) is 8.42 Å². The summed E-state index contributed by atoms with van der Waals surface area (Å²) >= 11 is 0. The molecule has 4 nitrogen and oxygen atoms in total. The normalized spacial score (nSPS) is 15.3. The molecule has 0 aliphatic rings. The first-order valence-corrected chi connectivity index (χ1v) is 7.58. The minimum atomic E-state index is -8.13. The van der Waals surface area contributed by atoms with Crippen molar-refractivity contribution < 1.29 is 75.4 Å². The summed E-state index contributed by atoms with van der Waals surface area (Å²) in [5, 5.41) is 2.00. The van der Waals surface area contributed by atoms with Gasteiger partial charge in [0.2, 0.25) is 0 Å². The Labute approximate surface area is 142 Å². The highest BCUT2D eigenvalue weighted by atomic mass is 32.2. The van der Waals surface area contributed by atoms with Crippen LogP contribution in [0, 0.1) is 0 Å². The molecule has 0 radical (unpaired) electrons. The zero-order chi connectivity index (χ0) is 22.9. The largest absolute Gasteiger partial charge is 0.748 e. The van der Waals surface area contributed by atoms with Crippen LogP contribution in [0.3, 0.4) is 0 Å². The van der Waals surface area contributed by atoms with E-state index in [1.807, 2.05) is 19.4 Å². The number of hydrogen-bond donors (Lipinski definition) is 1. The minimum Gasteiger partial charge on any atom is -0.748 e. The van der Waals surface area contributed by atoms with Crippen LogP contribution in [-0.4, -0.2) is 68.6 Å². The van der Waals surface area contributed by atoms with Gasteiger partial charge in [-0.15, -0.1) is 0 Å². The Bertz CT molecular complexity index is 599. The lowest BCUT2D eigenvalue weighted by atomic mass is 9.94. The molecule has 0 fully saturated rings. The molecule has 166 valence electrons. The maximum absolute atomic E-state index is 12.8. The molecule has 0 aromatic heterocycles.